The van der Waals surface area contributed by atoms with Gasteiger partial charge in [-0.2, -0.15) is 0 Å². The molecule has 2 amide bonds. The number of amides is 2. The molecule has 1 aliphatic heterocycles. The summed E-state index contributed by atoms with van der Waals surface area (Å²) in [6.07, 6.45) is 4.25. The Bertz CT molecular complexity index is 536. The van der Waals surface area contributed by atoms with E-state index in [1.54, 1.807) is 11.1 Å². The average molecular weight is 277 g/mol. The van der Waals surface area contributed by atoms with E-state index in [-0.39, 0.29) is 24.4 Å². The second kappa shape index (κ2) is 4.92. The van der Waals surface area contributed by atoms with Crippen LogP contribution in [-0.2, 0) is 16.1 Å². The molecular weight excluding hydrogens is 258 g/mol. The first-order chi connectivity index (χ1) is 9.60. The fourth-order valence-electron chi connectivity index (χ4n) is 2.75. The summed E-state index contributed by atoms with van der Waals surface area (Å²) in [5, 5.41) is 2.87. The largest absolute Gasteiger partial charge is 0.444 e. The van der Waals surface area contributed by atoms with Gasteiger partial charge in [0.25, 0.3) is 0 Å². The van der Waals surface area contributed by atoms with Crippen LogP contribution in [0, 0.1) is 12.8 Å². The van der Waals surface area contributed by atoms with Crippen molar-refractivity contribution >= 4 is 11.8 Å². The average Bonchev–Trinajstić information content (AvgIpc) is 3.17. The topological polar surface area (TPSA) is 75.4 Å². The van der Waals surface area contributed by atoms with Gasteiger partial charge in [0.2, 0.25) is 17.7 Å². The van der Waals surface area contributed by atoms with E-state index >= 15 is 0 Å². The molecule has 0 bridgehead atoms. The fraction of sp³-hybridized carbons (Fsp3) is 0.643. The Labute approximate surface area is 117 Å². The molecule has 2 heterocycles. The molecule has 1 saturated carbocycles. The van der Waals surface area contributed by atoms with E-state index < -0.39 is 6.04 Å². The van der Waals surface area contributed by atoms with Crippen LogP contribution in [0.1, 0.15) is 37.8 Å². The maximum absolute atomic E-state index is 12.6. The second-order valence-electron chi connectivity index (χ2n) is 5.58. The Morgan fingerprint density at radius 1 is 1.45 bits per heavy atom. The standard InChI is InChI=1S/C14H19N3O3/c1-3-10-13(18)16-12(9-4-5-9)14(19)17(10)7-11-15-6-8(2)20-11/h6,9-10,12H,3-5,7H2,1-2H3,(H,16,18). The third-order valence-corrected chi connectivity index (χ3v) is 3.98. The zero-order chi connectivity index (χ0) is 14.3. The number of aromatic nitrogens is 1. The van der Waals surface area contributed by atoms with E-state index in [0.29, 0.717) is 24.0 Å². The number of carbonyl (C=O) groups excluding carboxylic acids is 2. The van der Waals surface area contributed by atoms with Crippen molar-refractivity contribution in [1.29, 1.82) is 0 Å². The van der Waals surface area contributed by atoms with Crippen molar-refractivity contribution in [2.24, 2.45) is 5.92 Å². The summed E-state index contributed by atoms with van der Waals surface area (Å²) in [5.41, 5.74) is 0. The van der Waals surface area contributed by atoms with E-state index in [1.807, 2.05) is 13.8 Å². The molecule has 20 heavy (non-hydrogen) atoms. The molecule has 2 fully saturated rings. The Morgan fingerprint density at radius 3 is 2.75 bits per heavy atom. The molecule has 3 rings (SSSR count). The van der Waals surface area contributed by atoms with Crippen LogP contribution in [0.15, 0.2) is 10.6 Å². The molecule has 1 N–H and O–H groups in total. The molecule has 1 aliphatic carbocycles. The number of aryl methyl sites for hydroxylation is 1. The van der Waals surface area contributed by atoms with Crippen molar-refractivity contribution in [2.75, 3.05) is 0 Å². The van der Waals surface area contributed by atoms with E-state index in [1.165, 1.54) is 0 Å². The van der Waals surface area contributed by atoms with E-state index in [0.717, 1.165) is 12.8 Å². The van der Waals surface area contributed by atoms with Gasteiger partial charge >= 0.3 is 0 Å². The Morgan fingerprint density at radius 2 is 2.20 bits per heavy atom. The van der Waals surface area contributed by atoms with Crippen LogP contribution in [0.4, 0.5) is 0 Å². The van der Waals surface area contributed by atoms with Crippen molar-refractivity contribution in [3.05, 3.63) is 17.8 Å². The highest BCUT2D eigenvalue weighted by molar-refractivity contribution is 5.97. The molecule has 1 aromatic heterocycles. The molecule has 2 atom stereocenters. The summed E-state index contributed by atoms with van der Waals surface area (Å²) in [4.78, 5) is 30.5. The zero-order valence-corrected chi connectivity index (χ0v) is 11.8. The van der Waals surface area contributed by atoms with E-state index in [9.17, 15) is 9.59 Å². The predicted octanol–water partition coefficient (Wildman–Crippen LogP) is 0.999. The van der Waals surface area contributed by atoms with E-state index in [2.05, 4.69) is 10.3 Å². The minimum atomic E-state index is -0.426. The lowest BCUT2D eigenvalue weighted by Crippen LogP contribution is -2.63. The van der Waals surface area contributed by atoms with Gasteiger partial charge in [0.1, 0.15) is 17.8 Å². The number of nitrogens with zero attached hydrogens (tertiary/aromatic N) is 2. The smallest absolute Gasteiger partial charge is 0.246 e. The Kier molecular flexibility index (Phi) is 3.23. The van der Waals surface area contributed by atoms with Gasteiger partial charge in [-0.15, -0.1) is 0 Å². The van der Waals surface area contributed by atoms with Gasteiger partial charge in [0.05, 0.1) is 12.7 Å². The Balaban J connectivity index is 1.82. The summed E-state index contributed by atoms with van der Waals surface area (Å²) < 4.78 is 5.44. The van der Waals surface area contributed by atoms with Crippen molar-refractivity contribution in [2.45, 2.75) is 51.7 Å². The number of piperazine rings is 1. The van der Waals surface area contributed by atoms with E-state index in [4.69, 9.17) is 4.42 Å². The van der Waals surface area contributed by atoms with Crippen molar-refractivity contribution in [1.82, 2.24) is 15.2 Å². The molecule has 0 aromatic carbocycles. The van der Waals surface area contributed by atoms with Gasteiger partial charge in [-0.1, -0.05) is 6.92 Å². The highest BCUT2D eigenvalue weighted by Gasteiger charge is 2.46. The first kappa shape index (κ1) is 13.1. The molecule has 1 aromatic rings. The van der Waals surface area contributed by atoms with Crippen molar-refractivity contribution < 1.29 is 14.0 Å². The molecule has 1 saturated heterocycles. The molecule has 0 spiro atoms. The molecular formula is C14H19N3O3. The first-order valence-electron chi connectivity index (χ1n) is 7.12. The monoisotopic (exact) mass is 277 g/mol. The lowest BCUT2D eigenvalue weighted by atomic mass is 10.0. The normalized spacial score (nSPS) is 26.8. The third-order valence-electron chi connectivity index (χ3n) is 3.98. The summed E-state index contributed by atoms with van der Waals surface area (Å²) in [7, 11) is 0. The van der Waals surface area contributed by atoms with Gasteiger partial charge in [-0.3, -0.25) is 9.59 Å². The maximum atomic E-state index is 12.6. The third kappa shape index (κ3) is 2.30. The van der Waals surface area contributed by atoms with Gasteiger partial charge in [-0.05, 0) is 32.1 Å². The molecule has 2 aliphatic rings. The molecule has 0 radical (unpaired) electrons. The van der Waals surface area contributed by atoms with Crippen LogP contribution in [0.5, 0.6) is 0 Å². The minimum Gasteiger partial charge on any atom is -0.444 e. The lowest BCUT2D eigenvalue weighted by Gasteiger charge is -2.38. The Hall–Kier alpha value is -1.85. The highest BCUT2D eigenvalue weighted by atomic mass is 16.4. The number of hydrogen-bond acceptors (Lipinski definition) is 4. The van der Waals surface area contributed by atoms with Crippen molar-refractivity contribution in [3.8, 4) is 0 Å². The number of nitrogens with one attached hydrogen (secondary N) is 1. The van der Waals surface area contributed by atoms with Gasteiger partial charge in [0, 0.05) is 0 Å². The van der Waals surface area contributed by atoms with Crippen LogP contribution in [0.2, 0.25) is 0 Å². The van der Waals surface area contributed by atoms with Crippen LogP contribution < -0.4 is 5.32 Å². The van der Waals surface area contributed by atoms with Gasteiger partial charge < -0.3 is 14.6 Å². The lowest BCUT2D eigenvalue weighted by molar-refractivity contribution is -0.151. The summed E-state index contributed by atoms with van der Waals surface area (Å²) in [6.45, 7) is 3.98. The molecule has 6 heteroatoms. The number of carbonyl (C=O) groups is 2. The van der Waals surface area contributed by atoms with Gasteiger partial charge in [-0.25, -0.2) is 4.98 Å². The SMILES string of the molecule is CCC1C(=O)NC(C2CC2)C(=O)N1Cc1ncc(C)o1. The fourth-order valence-corrected chi connectivity index (χ4v) is 2.75. The van der Waals surface area contributed by atoms with Crippen LogP contribution >= 0.6 is 0 Å². The van der Waals surface area contributed by atoms with Crippen molar-refractivity contribution in [3.63, 3.8) is 0 Å². The quantitative estimate of drug-likeness (QED) is 0.890. The molecule has 2 unspecified atom stereocenters. The minimum absolute atomic E-state index is 0.00481. The maximum Gasteiger partial charge on any atom is 0.246 e. The van der Waals surface area contributed by atoms with Crippen LogP contribution in [-0.4, -0.2) is 33.8 Å². The number of rotatable bonds is 4. The van der Waals surface area contributed by atoms with Gasteiger partial charge in [0.15, 0.2) is 0 Å². The number of hydrogen-bond donors (Lipinski definition) is 1. The highest BCUT2D eigenvalue weighted by Crippen LogP contribution is 2.35. The first-order valence-corrected chi connectivity index (χ1v) is 7.12. The molecule has 108 valence electrons. The number of oxazole rings is 1. The van der Waals surface area contributed by atoms with Crippen LogP contribution in [0.25, 0.3) is 0 Å². The second-order valence-corrected chi connectivity index (χ2v) is 5.58. The predicted molar refractivity (Wildman–Crippen MR) is 70.5 cm³/mol. The summed E-state index contributed by atoms with van der Waals surface area (Å²) in [6, 6.07) is -0.786. The zero-order valence-electron chi connectivity index (χ0n) is 11.8. The summed E-state index contributed by atoms with van der Waals surface area (Å²) in [5.74, 6) is 1.43. The summed E-state index contributed by atoms with van der Waals surface area (Å²) >= 11 is 0. The van der Waals surface area contributed by atoms with Crippen LogP contribution in [0.3, 0.4) is 0 Å². The molecule has 6 nitrogen and oxygen atoms in total.